The zero-order valence-corrected chi connectivity index (χ0v) is 7.70. The van der Waals surface area contributed by atoms with E-state index in [9.17, 15) is 0 Å². The summed E-state index contributed by atoms with van der Waals surface area (Å²) in [5, 5.41) is 0. The average molecular weight is 198 g/mol. The molecule has 2 aromatic heterocycles. The normalized spacial score (nSPS) is 10.3. The fraction of sp³-hybridized carbons (Fsp3) is 0. The highest BCUT2D eigenvalue weighted by Crippen LogP contribution is 2.23. The summed E-state index contributed by atoms with van der Waals surface area (Å²) >= 11 is 0. The van der Waals surface area contributed by atoms with Crippen molar-refractivity contribution in [1.82, 2.24) is 17.9 Å². The van der Waals surface area contributed by atoms with Crippen LogP contribution in [0.5, 0.6) is 0 Å². The van der Waals surface area contributed by atoms with E-state index in [0.29, 0.717) is 0 Å². The minimum absolute atomic E-state index is 1.58. The van der Waals surface area contributed by atoms with Crippen LogP contribution in [0, 0.1) is 0 Å². The minimum atomic E-state index is 1.58. The molecule has 0 saturated heterocycles. The largest absolute Gasteiger partial charge is 0.269 e. The Morgan fingerprint density at radius 3 is 1.67 bits per heavy atom. The first kappa shape index (κ1) is 7.75. The average Bonchev–Trinajstić information content (AvgIpc) is 2.74. The van der Waals surface area contributed by atoms with Gasteiger partial charge in [-0.1, -0.05) is 0 Å². The molecule has 4 nitrogen and oxygen atoms in total. The molecule has 6 heteroatoms. The van der Waals surface area contributed by atoms with Gasteiger partial charge in [0.15, 0.2) is 0 Å². The highest BCUT2D eigenvalue weighted by molar-refractivity contribution is 8.75. The molecule has 0 radical (unpaired) electrons. The summed E-state index contributed by atoms with van der Waals surface area (Å²) in [4.78, 5) is 7.85. The Labute approximate surface area is 77.7 Å². The van der Waals surface area contributed by atoms with Crippen molar-refractivity contribution in [3.63, 3.8) is 0 Å². The van der Waals surface area contributed by atoms with E-state index in [1.165, 1.54) is 0 Å². The van der Waals surface area contributed by atoms with Crippen LogP contribution in [-0.4, -0.2) is 17.9 Å². The van der Waals surface area contributed by atoms with Gasteiger partial charge >= 0.3 is 0 Å². The van der Waals surface area contributed by atoms with Gasteiger partial charge in [-0.25, -0.2) is 9.97 Å². The summed E-state index contributed by atoms with van der Waals surface area (Å²) in [6, 6.07) is 0. The first-order chi connectivity index (χ1) is 5.95. The number of hydrogen-bond acceptors (Lipinski definition) is 4. The Kier molecular flexibility index (Phi) is 2.38. The van der Waals surface area contributed by atoms with Crippen LogP contribution in [0.15, 0.2) is 37.4 Å². The first-order valence-electron chi connectivity index (χ1n) is 3.26. The van der Waals surface area contributed by atoms with E-state index < -0.39 is 0 Å². The second-order valence-corrected chi connectivity index (χ2v) is 4.03. The predicted molar refractivity (Wildman–Crippen MR) is 50.4 cm³/mol. The Bertz CT molecular complexity index is 281. The molecule has 62 valence electrons. The summed E-state index contributed by atoms with van der Waals surface area (Å²) < 4.78 is 3.84. The lowest BCUT2D eigenvalue weighted by Gasteiger charge is -1.98. The molecule has 0 bridgehead atoms. The van der Waals surface area contributed by atoms with Crippen LogP contribution in [0.2, 0.25) is 0 Å². The van der Waals surface area contributed by atoms with Gasteiger partial charge in [0.2, 0.25) is 0 Å². The second kappa shape index (κ2) is 3.68. The van der Waals surface area contributed by atoms with E-state index in [0.717, 1.165) is 0 Å². The van der Waals surface area contributed by atoms with Crippen LogP contribution in [0.1, 0.15) is 0 Å². The van der Waals surface area contributed by atoms with E-state index in [1.54, 1.807) is 47.0 Å². The fourth-order valence-corrected chi connectivity index (χ4v) is 2.20. The molecule has 0 aliphatic rings. The predicted octanol–water partition coefficient (Wildman–Crippen LogP) is 1.69. The minimum Gasteiger partial charge on any atom is -0.269 e. The Balaban J connectivity index is 1.91. The number of imidazole rings is 2. The molecule has 2 rings (SSSR count). The van der Waals surface area contributed by atoms with E-state index in [-0.39, 0.29) is 0 Å². The van der Waals surface area contributed by atoms with Gasteiger partial charge in [0.1, 0.15) is 12.7 Å². The molecule has 0 N–H and O–H groups in total. The maximum absolute atomic E-state index is 3.93. The van der Waals surface area contributed by atoms with Gasteiger partial charge in [-0.05, 0) is 0 Å². The number of hydrogen-bond donors (Lipinski definition) is 0. The number of rotatable bonds is 3. The number of nitrogens with zero attached hydrogens (tertiary/aromatic N) is 4. The lowest BCUT2D eigenvalue weighted by atomic mass is 11.0. The highest BCUT2D eigenvalue weighted by atomic mass is 33.1. The summed E-state index contributed by atoms with van der Waals surface area (Å²) in [6.07, 6.45) is 10.8. The third-order valence-electron chi connectivity index (χ3n) is 1.17. The van der Waals surface area contributed by atoms with Crippen LogP contribution in [0.25, 0.3) is 0 Å². The molecule has 0 amide bonds. The SMILES string of the molecule is c1cn(SSn2ccnc2)cn1. The zero-order chi connectivity index (χ0) is 8.23. The monoisotopic (exact) mass is 198 g/mol. The van der Waals surface area contributed by atoms with Gasteiger partial charge in [-0.3, -0.25) is 7.94 Å². The molecule has 0 saturated carbocycles. The molecule has 0 atom stereocenters. The maximum Gasteiger partial charge on any atom is 0.105 e. The van der Waals surface area contributed by atoms with Crippen molar-refractivity contribution in [2.24, 2.45) is 0 Å². The van der Waals surface area contributed by atoms with Crippen molar-refractivity contribution < 1.29 is 0 Å². The molecule has 0 aliphatic heterocycles. The quantitative estimate of drug-likeness (QED) is 0.703. The van der Waals surface area contributed by atoms with Crippen LogP contribution in [0.4, 0.5) is 0 Å². The summed E-state index contributed by atoms with van der Waals surface area (Å²) in [7, 11) is 3.16. The summed E-state index contributed by atoms with van der Waals surface area (Å²) in [5.41, 5.74) is 0. The van der Waals surface area contributed by atoms with E-state index in [1.807, 2.05) is 20.3 Å². The van der Waals surface area contributed by atoms with E-state index in [4.69, 9.17) is 0 Å². The lowest BCUT2D eigenvalue weighted by Crippen LogP contribution is -1.80. The summed E-state index contributed by atoms with van der Waals surface area (Å²) in [6.45, 7) is 0. The van der Waals surface area contributed by atoms with Crippen molar-refractivity contribution in [2.75, 3.05) is 0 Å². The molecule has 2 aromatic rings. The Morgan fingerprint density at radius 2 is 1.33 bits per heavy atom. The van der Waals surface area contributed by atoms with Crippen LogP contribution in [0.3, 0.4) is 0 Å². The standard InChI is InChI=1S/C6H6N4S2/c1-3-9(5-7-1)11-12-10-4-2-8-6-10/h1-6H. The second-order valence-electron chi connectivity index (χ2n) is 1.99. The molecule has 0 aromatic carbocycles. The van der Waals surface area contributed by atoms with Gasteiger partial charge < -0.3 is 0 Å². The van der Waals surface area contributed by atoms with Crippen molar-refractivity contribution in [2.45, 2.75) is 0 Å². The molecule has 12 heavy (non-hydrogen) atoms. The third-order valence-corrected chi connectivity index (χ3v) is 3.24. The lowest BCUT2D eigenvalue weighted by molar-refractivity contribution is 1.23. The van der Waals surface area contributed by atoms with Crippen LogP contribution >= 0.6 is 22.0 Å². The molecule has 0 unspecified atom stereocenters. The molecule has 0 spiro atoms. The van der Waals surface area contributed by atoms with Crippen LogP contribution < -0.4 is 0 Å². The van der Waals surface area contributed by atoms with Gasteiger partial charge in [0, 0.05) is 24.8 Å². The van der Waals surface area contributed by atoms with E-state index >= 15 is 0 Å². The molecule has 2 heterocycles. The molecular weight excluding hydrogens is 192 g/mol. The molecule has 0 fully saturated rings. The van der Waals surface area contributed by atoms with E-state index in [2.05, 4.69) is 9.97 Å². The molecular formula is C6H6N4S2. The Morgan fingerprint density at radius 1 is 0.833 bits per heavy atom. The topological polar surface area (TPSA) is 35.6 Å². The number of aromatic nitrogens is 4. The van der Waals surface area contributed by atoms with Gasteiger partial charge in [-0.15, -0.1) is 0 Å². The third kappa shape index (κ3) is 1.83. The van der Waals surface area contributed by atoms with Crippen LogP contribution in [-0.2, 0) is 0 Å². The van der Waals surface area contributed by atoms with Crippen molar-refractivity contribution in [3.8, 4) is 0 Å². The zero-order valence-electron chi connectivity index (χ0n) is 6.07. The smallest absolute Gasteiger partial charge is 0.105 e. The van der Waals surface area contributed by atoms with Gasteiger partial charge in [0.25, 0.3) is 0 Å². The van der Waals surface area contributed by atoms with Gasteiger partial charge in [-0.2, -0.15) is 0 Å². The maximum atomic E-state index is 3.93. The van der Waals surface area contributed by atoms with Gasteiger partial charge in [0.05, 0.1) is 22.0 Å². The summed E-state index contributed by atoms with van der Waals surface area (Å²) in [5.74, 6) is 0. The van der Waals surface area contributed by atoms with Crippen molar-refractivity contribution in [3.05, 3.63) is 37.4 Å². The first-order valence-corrected chi connectivity index (χ1v) is 5.33. The van der Waals surface area contributed by atoms with Crippen molar-refractivity contribution >= 4 is 22.0 Å². The van der Waals surface area contributed by atoms with Crippen molar-refractivity contribution in [1.29, 1.82) is 0 Å². The molecule has 0 aliphatic carbocycles. The Hall–Kier alpha value is -0.880. The highest BCUT2D eigenvalue weighted by Gasteiger charge is 1.93. The fourth-order valence-electron chi connectivity index (χ4n) is 0.659.